The molecule has 1 unspecified atom stereocenters. The fraction of sp³-hybridized carbons (Fsp3) is 0.455. The van der Waals surface area contributed by atoms with Crippen molar-refractivity contribution in [3.05, 3.63) is 29.0 Å². The summed E-state index contributed by atoms with van der Waals surface area (Å²) in [5.74, 6) is 0.393. The van der Waals surface area contributed by atoms with Crippen LogP contribution in [0.4, 0.5) is 0 Å². The topological polar surface area (TPSA) is 72.5 Å². The first-order valence-corrected chi connectivity index (χ1v) is 5.65. The molecule has 1 rings (SSSR count). The normalized spacial score (nSPS) is 13.5. The molecule has 6 heteroatoms. The summed E-state index contributed by atoms with van der Waals surface area (Å²) in [4.78, 5) is 8.15. The lowest BCUT2D eigenvalue weighted by Gasteiger charge is -2.12. The first-order valence-electron chi connectivity index (χ1n) is 5.27. The first-order chi connectivity index (χ1) is 8.11. The molecule has 0 saturated carbocycles. The average Bonchev–Trinajstić information content (AvgIpc) is 2.28. The van der Waals surface area contributed by atoms with E-state index in [0.29, 0.717) is 24.3 Å². The molecule has 0 aromatic carbocycles. The molecule has 1 aromatic heterocycles. The van der Waals surface area contributed by atoms with Gasteiger partial charge < -0.3 is 15.8 Å². The number of nitrogens with zero attached hydrogens (tertiary/aromatic N) is 2. The first kappa shape index (κ1) is 13.7. The fourth-order valence-corrected chi connectivity index (χ4v) is 1.38. The van der Waals surface area contributed by atoms with Gasteiger partial charge in [-0.25, -0.2) is 9.98 Å². The number of nitrogens with two attached hydrogens (primary N) is 1. The Labute approximate surface area is 106 Å². The number of methoxy groups -OCH3 is 1. The third-order valence-corrected chi connectivity index (χ3v) is 2.26. The number of pyridine rings is 1. The molecular weight excluding hydrogens is 240 g/mol. The van der Waals surface area contributed by atoms with Gasteiger partial charge in [0.1, 0.15) is 5.15 Å². The van der Waals surface area contributed by atoms with Crippen LogP contribution >= 0.6 is 11.6 Å². The highest BCUT2D eigenvalue weighted by Gasteiger charge is 2.01. The highest BCUT2D eigenvalue weighted by Crippen LogP contribution is 2.05. The maximum atomic E-state index is 5.72. The van der Waals surface area contributed by atoms with E-state index in [2.05, 4.69) is 15.3 Å². The Morgan fingerprint density at radius 2 is 2.41 bits per heavy atom. The van der Waals surface area contributed by atoms with E-state index in [1.165, 1.54) is 0 Å². The van der Waals surface area contributed by atoms with Crippen molar-refractivity contribution in [1.29, 1.82) is 0 Å². The smallest absolute Gasteiger partial charge is 0.189 e. The second kappa shape index (κ2) is 7.09. The van der Waals surface area contributed by atoms with Crippen LogP contribution in [0.5, 0.6) is 0 Å². The van der Waals surface area contributed by atoms with Crippen molar-refractivity contribution >= 4 is 17.6 Å². The lowest BCUT2D eigenvalue weighted by molar-refractivity contribution is 0.179. The zero-order valence-corrected chi connectivity index (χ0v) is 10.7. The number of aromatic nitrogens is 1. The van der Waals surface area contributed by atoms with E-state index >= 15 is 0 Å². The van der Waals surface area contributed by atoms with Gasteiger partial charge in [0, 0.05) is 19.3 Å². The number of nitrogens with one attached hydrogen (secondary N) is 1. The lowest BCUT2D eigenvalue weighted by atomic mass is 10.3. The fourth-order valence-electron chi connectivity index (χ4n) is 1.27. The van der Waals surface area contributed by atoms with E-state index in [-0.39, 0.29) is 6.04 Å². The van der Waals surface area contributed by atoms with E-state index in [4.69, 9.17) is 22.1 Å². The van der Waals surface area contributed by atoms with E-state index in [0.717, 1.165) is 5.56 Å². The molecule has 17 heavy (non-hydrogen) atoms. The molecule has 1 aromatic rings. The largest absolute Gasteiger partial charge is 0.383 e. The number of guanidine groups is 1. The Hall–Kier alpha value is -1.33. The zero-order chi connectivity index (χ0) is 12.7. The second-order valence-electron chi connectivity index (χ2n) is 3.69. The van der Waals surface area contributed by atoms with Crippen LogP contribution in [0.3, 0.4) is 0 Å². The Kier molecular flexibility index (Phi) is 5.72. The van der Waals surface area contributed by atoms with Crippen molar-refractivity contribution in [2.24, 2.45) is 10.7 Å². The molecule has 0 bridgehead atoms. The molecule has 94 valence electrons. The van der Waals surface area contributed by atoms with Gasteiger partial charge in [-0.15, -0.1) is 0 Å². The number of aliphatic imine (C=N–C) groups is 1. The van der Waals surface area contributed by atoms with Crippen molar-refractivity contribution in [3.63, 3.8) is 0 Å². The standard InChI is InChI=1S/C11H17ClN4O/c1-8(7-17-2)16-11(13)15-6-9-3-4-10(12)14-5-9/h3-5,8H,6-7H2,1-2H3,(H3,13,15,16). The molecule has 5 nitrogen and oxygen atoms in total. The van der Waals surface area contributed by atoms with Gasteiger partial charge in [0.05, 0.1) is 13.2 Å². The van der Waals surface area contributed by atoms with Crippen LogP contribution in [-0.4, -0.2) is 30.7 Å². The van der Waals surface area contributed by atoms with Crippen molar-refractivity contribution in [2.75, 3.05) is 13.7 Å². The number of halogens is 1. The SMILES string of the molecule is COCC(C)NC(N)=NCc1ccc(Cl)nc1. The van der Waals surface area contributed by atoms with Crippen LogP contribution in [0.15, 0.2) is 23.3 Å². The summed E-state index contributed by atoms with van der Waals surface area (Å²) in [5.41, 5.74) is 6.68. The van der Waals surface area contributed by atoms with Crippen LogP contribution < -0.4 is 11.1 Å². The van der Waals surface area contributed by atoms with Crippen LogP contribution in [0.1, 0.15) is 12.5 Å². The minimum absolute atomic E-state index is 0.132. The molecular formula is C11H17ClN4O. The quantitative estimate of drug-likeness (QED) is 0.471. The molecule has 0 spiro atoms. The Bertz CT molecular complexity index is 366. The van der Waals surface area contributed by atoms with Crippen LogP contribution in [0.2, 0.25) is 5.15 Å². The van der Waals surface area contributed by atoms with Crippen molar-refractivity contribution in [3.8, 4) is 0 Å². The molecule has 3 N–H and O–H groups in total. The number of rotatable bonds is 5. The summed E-state index contributed by atoms with van der Waals surface area (Å²) >= 11 is 5.68. The van der Waals surface area contributed by atoms with Crippen molar-refractivity contribution in [2.45, 2.75) is 19.5 Å². The van der Waals surface area contributed by atoms with Gasteiger partial charge in [-0.05, 0) is 18.6 Å². The van der Waals surface area contributed by atoms with E-state index in [9.17, 15) is 0 Å². The van der Waals surface area contributed by atoms with Gasteiger partial charge in [0.25, 0.3) is 0 Å². The molecule has 0 aliphatic rings. The summed E-state index contributed by atoms with van der Waals surface area (Å²) < 4.78 is 4.98. The number of hydrogen-bond acceptors (Lipinski definition) is 3. The molecule has 0 saturated heterocycles. The minimum atomic E-state index is 0.132. The number of ether oxygens (including phenoxy) is 1. The predicted molar refractivity (Wildman–Crippen MR) is 69.0 cm³/mol. The maximum Gasteiger partial charge on any atom is 0.189 e. The average molecular weight is 257 g/mol. The van der Waals surface area contributed by atoms with Crippen LogP contribution in [-0.2, 0) is 11.3 Å². The summed E-state index contributed by atoms with van der Waals surface area (Å²) in [5, 5.41) is 3.49. The second-order valence-corrected chi connectivity index (χ2v) is 4.08. The third kappa shape index (κ3) is 5.51. The Morgan fingerprint density at radius 3 is 3.00 bits per heavy atom. The molecule has 0 amide bonds. The monoisotopic (exact) mass is 256 g/mol. The Morgan fingerprint density at radius 1 is 1.65 bits per heavy atom. The van der Waals surface area contributed by atoms with Gasteiger partial charge in [-0.1, -0.05) is 17.7 Å². The summed E-state index contributed by atoms with van der Waals surface area (Å²) in [6.07, 6.45) is 1.68. The predicted octanol–water partition coefficient (Wildman–Crippen LogP) is 1.17. The summed E-state index contributed by atoms with van der Waals surface area (Å²) in [7, 11) is 1.64. The summed E-state index contributed by atoms with van der Waals surface area (Å²) in [6, 6.07) is 3.72. The highest BCUT2D eigenvalue weighted by molar-refractivity contribution is 6.29. The van der Waals surface area contributed by atoms with Crippen molar-refractivity contribution < 1.29 is 4.74 Å². The van der Waals surface area contributed by atoms with Gasteiger partial charge >= 0.3 is 0 Å². The van der Waals surface area contributed by atoms with Gasteiger partial charge in [0.2, 0.25) is 0 Å². The Balaban J connectivity index is 2.44. The van der Waals surface area contributed by atoms with E-state index < -0.39 is 0 Å². The van der Waals surface area contributed by atoms with Crippen LogP contribution in [0.25, 0.3) is 0 Å². The molecule has 0 fully saturated rings. The van der Waals surface area contributed by atoms with Gasteiger partial charge in [-0.3, -0.25) is 0 Å². The van der Waals surface area contributed by atoms with E-state index in [1.807, 2.05) is 13.0 Å². The van der Waals surface area contributed by atoms with Crippen molar-refractivity contribution in [1.82, 2.24) is 10.3 Å². The van der Waals surface area contributed by atoms with Crippen LogP contribution in [0, 0.1) is 0 Å². The highest BCUT2D eigenvalue weighted by atomic mass is 35.5. The molecule has 0 aliphatic heterocycles. The van der Waals surface area contributed by atoms with E-state index in [1.54, 1.807) is 19.4 Å². The maximum absolute atomic E-state index is 5.72. The molecule has 1 atom stereocenters. The minimum Gasteiger partial charge on any atom is -0.383 e. The lowest BCUT2D eigenvalue weighted by Crippen LogP contribution is -2.40. The number of hydrogen-bond donors (Lipinski definition) is 2. The third-order valence-electron chi connectivity index (χ3n) is 2.03. The van der Waals surface area contributed by atoms with Gasteiger partial charge in [-0.2, -0.15) is 0 Å². The summed E-state index contributed by atoms with van der Waals surface area (Å²) in [6.45, 7) is 3.02. The zero-order valence-electron chi connectivity index (χ0n) is 9.98. The molecule has 1 heterocycles. The molecule has 0 aliphatic carbocycles. The molecule has 0 radical (unpaired) electrons. The van der Waals surface area contributed by atoms with Gasteiger partial charge in [0.15, 0.2) is 5.96 Å².